The summed E-state index contributed by atoms with van der Waals surface area (Å²) in [6.45, 7) is 5.07. The maximum atomic E-state index is 13.7. The molecule has 2 rings (SSSR count). The van der Waals surface area contributed by atoms with Crippen LogP contribution in [-0.4, -0.2) is 35.5 Å². The van der Waals surface area contributed by atoms with Crippen molar-refractivity contribution in [3.05, 3.63) is 46.9 Å². The van der Waals surface area contributed by atoms with Crippen LogP contribution in [0.25, 0.3) is 0 Å². The second kappa shape index (κ2) is 7.77. The lowest BCUT2D eigenvalue weighted by molar-refractivity contribution is 0.169. The Morgan fingerprint density at radius 2 is 1.96 bits per heavy atom. The number of aliphatic hydroxyl groups is 1. The van der Waals surface area contributed by atoms with Gasteiger partial charge in [0.15, 0.2) is 0 Å². The Morgan fingerprint density at radius 3 is 2.54 bits per heavy atom. The van der Waals surface area contributed by atoms with E-state index < -0.39 is 6.10 Å². The Morgan fingerprint density at radius 1 is 1.29 bits per heavy atom. The lowest BCUT2D eigenvalue weighted by Gasteiger charge is -2.17. The Hall–Kier alpha value is -1.92. The number of aryl methyl sites for hydroxylation is 1. The third-order valence-corrected chi connectivity index (χ3v) is 4.02. The van der Waals surface area contributed by atoms with Gasteiger partial charge in [-0.3, -0.25) is 4.68 Å². The molecule has 0 spiro atoms. The highest BCUT2D eigenvalue weighted by atomic mass is 19.1. The molecular weight excluding hydrogens is 307 g/mol. The summed E-state index contributed by atoms with van der Waals surface area (Å²) in [6.07, 6.45) is -0.881. The molecule has 5 nitrogen and oxygen atoms in total. The Bertz CT molecular complexity index is 682. The smallest absolute Gasteiger partial charge is 0.130 e. The first-order valence-corrected chi connectivity index (χ1v) is 8.19. The number of rotatable bonds is 7. The van der Waals surface area contributed by atoms with Crippen LogP contribution in [0.3, 0.4) is 0 Å². The van der Waals surface area contributed by atoms with Crippen LogP contribution >= 0.6 is 0 Å². The van der Waals surface area contributed by atoms with Crippen molar-refractivity contribution in [1.29, 1.82) is 0 Å². The molecule has 0 saturated carbocycles. The summed E-state index contributed by atoms with van der Waals surface area (Å²) in [6, 6.07) is 6.31. The largest absolute Gasteiger partial charge is 0.387 e. The number of nitrogens with one attached hydrogen (secondary N) is 1. The molecule has 0 fully saturated rings. The van der Waals surface area contributed by atoms with Crippen LogP contribution in [0.15, 0.2) is 24.3 Å². The molecule has 0 aliphatic heterocycles. The fourth-order valence-corrected chi connectivity index (χ4v) is 2.96. The van der Waals surface area contributed by atoms with Gasteiger partial charge in [0.25, 0.3) is 0 Å². The van der Waals surface area contributed by atoms with Crippen molar-refractivity contribution in [2.75, 3.05) is 25.5 Å². The standard InChI is InChI=1S/C18H27FN4O/c1-12(2)17-14(18(22(3)4)23(5)21-17)10-20-11-16(24)13-8-6-7-9-15(13)19/h6-9,12,16,20,24H,10-11H2,1-5H3. The second-order valence-corrected chi connectivity index (χ2v) is 6.53. The average Bonchev–Trinajstić information content (AvgIpc) is 2.84. The van der Waals surface area contributed by atoms with E-state index in [0.29, 0.717) is 18.0 Å². The maximum absolute atomic E-state index is 13.7. The first-order chi connectivity index (χ1) is 11.3. The summed E-state index contributed by atoms with van der Waals surface area (Å²) >= 11 is 0. The Labute approximate surface area is 143 Å². The quantitative estimate of drug-likeness (QED) is 0.817. The molecule has 2 aromatic rings. The van der Waals surface area contributed by atoms with Gasteiger partial charge >= 0.3 is 0 Å². The van der Waals surface area contributed by atoms with Crippen LogP contribution in [0.1, 0.15) is 42.7 Å². The number of hydrogen-bond donors (Lipinski definition) is 2. The van der Waals surface area contributed by atoms with Crippen LogP contribution < -0.4 is 10.2 Å². The van der Waals surface area contributed by atoms with Gasteiger partial charge in [-0.15, -0.1) is 0 Å². The van der Waals surface area contributed by atoms with Crippen LogP contribution in [0.5, 0.6) is 0 Å². The lowest BCUT2D eigenvalue weighted by atomic mass is 10.0. The van der Waals surface area contributed by atoms with Crippen molar-refractivity contribution in [3.8, 4) is 0 Å². The number of aromatic nitrogens is 2. The molecule has 2 N–H and O–H groups in total. The molecule has 1 heterocycles. The van der Waals surface area contributed by atoms with E-state index in [9.17, 15) is 9.50 Å². The molecule has 1 unspecified atom stereocenters. The minimum atomic E-state index is -0.881. The molecule has 1 atom stereocenters. The molecule has 0 saturated heterocycles. The van der Waals surface area contributed by atoms with E-state index in [4.69, 9.17) is 0 Å². The molecule has 24 heavy (non-hydrogen) atoms. The molecule has 1 aromatic carbocycles. The van der Waals surface area contributed by atoms with Crippen LogP contribution in [0.2, 0.25) is 0 Å². The third kappa shape index (κ3) is 3.94. The summed E-state index contributed by atoms with van der Waals surface area (Å²) in [5, 5.41) is 18.1. The van der Waals surface area contributed by atoms with E-state index in [2.05, 4.69) is 24.3 Å². The second-order valence-electron chi connectivity index (χ2n) is 6.53. The van der Waals surface area contributed by atoms with Crippen molar-refractivity contribution in [3.63, 3.8) is 0 Å². The normalized spacial score (nSPS) is 12.7. The number of halogens is 1. The molecular formula is C18H27FN4O. The minimum absolute atomic E-state index is 0.278. The molecule has 0 amide bonds. The van der Waals surface area contributed by atoms with Gasteiger partial charge < -0.3 is 15.3 Å². The summed E-state index contributed by atoms with van der Waals surface area (Å²) in [5.74, 6) is 0.954. The van der Waals surface area contributed by atoms with Crippen molar-refractivity contribution in [2.45, 2.75) is 32.4 Å². The van der Waals surface area contributed by atoms with Crippen LogP contribution in [0.4, 0.5) is 10.2 Å². The number of benzene rings is 1. The molecule has 0 bridgehead atoms. The summed E-state index contributed by atoms with van der Waals surface area (Å²) in [4.78, 5) is 2.03. The van der Waals surface area contributed by atoms with E-state index in [-0.39, 0.29) is 12.4 Å². The topological polar surface area (TPSA) is 53.3 Å². The average molecular weight is 334 g/mol. The summed E-state index contributed by atoms with van der Waals surface area (Å²) < 4.78 is 15.6. The predicted octanol–water partition coefficient (Wildman–Crippen LogP) is 2.57. The first-order valence-electron chi connectivity index (χ1n) is 8.19. The lowest BCUT2D eigenvalue weighted by Crippen LogP contribution is -2.24. The van der Waals surface area contributed by atoms with Crippen LogP contribution in [0, 0.1) is 5.82 Å². The first kappa shape index (κ1) is 18.4. The highest BCUT2D eigenvalue weighted by molar-refractivity contribution is 5.50. The molecule has 132 valence electrons. The molecule has 0 aliphatic rings. The monoisotopic (exact) mass is 334 g/mol. The zero-order valence-electron chi connectivity index (χ0n) is 15.0. The number of nitrogens with zero attached hydrogens (tertiary/aromatic N) is 3. The van der Waals surface area contributed by atoms with Crippen LogP contribution in [-0.2, 0) is 13.6 Å². The predicted molar refractivity (Wildman–Crippen MR) is 94.7 cm³/mol. The van der Waals surface area contributed by atoms with Crippen molar-refractivity contribution in [1.82, 2.24) is 15.1 Å². The van der Waals surface area contributed by atoms with Gasteiger partial charge in [-0.05, 0) is 12.0 Å². The van der Waals surface area contributed by atoms with E-state index in [1.165, 1.54) is 6.07 Å². The highest BCUT2D eigenvalue weighted by Gasteiger charge is 2.20. The molecule has 1 aromatic heterocycles. The number of aliphatic hydroxyl groups excluding tert-OH is 1. The fraction of sp³-hybridized carbons (Fsp3) is 0.500. The number of anilines is 1. The van der Waals surface area contributed by atoms with Gasteiger partial charge in [-0.25, -0.2) is 4.39 Å². The number of hydrogen-bond acceptors (Lipinski definition) is 4. The van der Waals surface area contributed by atoms with Crippen molar-refractivity contribution < 1.29 is 9.50 Å². The van der Waals surface area contributed by atoms with Gasteiger partial charge in [0.05, 0.1) is 11.8 Å². The highest BCUT2D eigenvalue weighted by Crippen LogP contribution is 2.27. The van der Waals surface area contributed by atoms with E-state index in [1.54, 1.807) is 18.2 Å². The zero-order valence-corrected chi connectivity index (χ0v) is 15.0. The van der Waals surface area contributed by atoms with E-state index in [1.807, 2.05) is 30.7 Å². The van der Waals surface area contributed by atoms with Gasteiger partial charge in [-0.2, -0.15) is 5.10 Å². The van der Waals surface area contributed by atoms with Crippen molar-refractivity contribution in [2.24, 2.45) is 7.05 Å². The van der Waals surface area contributed by atoms with E-state index >= 15 is 0 Å². The maximum Gasteiger partial charge on any atom is 0.130 e. The molecule has 0 radical (unpaired) electrons. The fourth-order valence-electron chi connectivity index (χ4n) is 2.96. The summed E-state index contributed by atoms with van der Waals surface area (Å²) in [7, 11) is 5.90. The Balaban J connectivity index is 2.10. The summed E-state index contributed by atoms with van der Waals surface area (Å²) in [5.41, 5.74) is 2.46. The van der Waals surface area contributed by atoms with Gasteiger partial charge in [0.1, 0.15) is 11.6 Å². The zero-order chi connectivity index (χ0) is 17.9. The van der Waals surface area contributed by atoms with Gasteiger partial charge in [-0.1, -0.05) is 32.0 Å². The van der Waals surface area contributed by atoms with E-state index in [0.717, 1.165) is 17.1 Å². The molecule has 6 heteroatoms. The Kier molecular flexibility index (Phi) is 5.96. The van der Waals surface area contributed by atoms with Crippen molar-refractivity contribution >= 4 is 5.82 Å². The minimum Gasteiger partial charge on any atom is -0.387 e. The van der Waals surface area contributed by atoms with Gasteiger partial charge in [0.2, 0.25) is 0 Å². The van der Waals surface area contributed by atoms with Gasteiger partial charge in [0, 0.05) is 45.4 Å². The third-order valence-electron chi connectivity index (χ3n) is 4.02. The molecule has 0 aliphatic carbocycles. The SMILES string of the molecule is CC(C)c1nn(C)c(N(C)C)c1CNCC(O)c1ccccc1F.